The summed E-state index contributed by atoms with van der Waals surface area (Å²) >= 11 is 0. The number of rotatable bonds is 4. The number of para-hydroxylation sites is 1. The molecule has 0 bridgehead atoms. The number of benzene rings is 2. The number of hydrogen-bond donors (Lipinski definition) is 1. The van der Waals surface area contributed by atoms with Crippen LogP contribution >= 0.6 is 0 Å². The number of anilines is 1. The molecule has 1 aliphatic rings. The van der Waals surface area contributed by atoms with Gasteiger partial charge in [-0.15, -0.1) is 0 Å². The minimum atomic E-state index is 0.342. The number of nitrogens with zero attached hydrogens (tertiary/aromatic N) is 3. The highest BCUT2D eigenvalue weighted by atomic mass is 16.3. The van der Waals surface area contributed by atoms with Crippen LogP contribution in [0.3, 0.4) is 0 Å². The Labute approximate surface area is 148 Å². The van der Waals surface area contributed by atoms with E-state index in [1.54, 1.807) is 18.5 Å². The van der Waals surface area contributed by atoms with Crippen molar-refractivity contribution in [3.05, 3.63) is 60.4 Å². The van der Waals surface area contributed by atoms with E-state index in [1.165, 1.54) is 24.8 Å². The zero-order chi connectivity index (χ0) is 17.1. The van der Waals surface area contributed by atoms with Crippen LogP contribution in [0.2, 0.25) is 0 Å². The van der Waals surface area contributed by atoms with Gasteiger partial charge in [0.2, 0.25) is 0 Å². The third-order valence-corrected chi connectivity index (χ3v) is 5.21. The van der Waals surface area contributed by atoms with E-state index in [2.05, 4.69) is 27.0 Å². The van der Waals surface area contributed by atoms with E-state index in [0.717, 1.165) is 42.1 Å². The summed E-state index contributed by atoms with van der Waals surface area (Å²) in [5, 5.41) is 10.5. The molecule has 25 heavy (non-hydrogen) atoms. The van der Waals surface area contributed by atoms with Gasteiger partial charge in [0.05, 0.1) is 5.52 Å². The van der Waals surface area contributed by atoms with Crippen molar-refractivity contribution in [2.75, 3.05) is 18.0 Å². The highest BCUT2D eigenvalue weighted by molar-refractivity contribution is 5.89. The molecular weight excluding hydrogens is 310 g/mol. The second-order valence-corrected chi connectivity index (χ2v) is 6.85. The number of phenols is 1. The highest BCUT2D eigenvalue weighted by Crippen LogP contribution is 2.29. The summed E-state index contributed by atoms with van der Waals surface area (Å²) in [5.41, 5.74) is 2.32. The SMILES string of the molecule is Oc1ccc(CCC2CCN(c3ncnc4ccccc34)CC2)cc1. The first-order valence-corrected chi connectivity index (χ1v) is 9.02. The van der Waals surface area contributed by atoms with E-state index in [1.807, 2.05) is 24.3 Å². The smallest absolute Gasteiger partial charge is 0.139 e. The number of aryl methyl sites for hydroxylation is 1. The Morgan fingerprint density at radius 2 is 1.72 bits per heavy atom. The molecule has 0 amide bonds. The van der Waals surface area contributed by atoms with E-state index in [9.17, 15) is 5.11 Å². The van der Waals surface area contributed by atoms with E-state index in [4.69, 9.17) is 0 Å². The molecule has 0 aliphatic carbocycles. The van der Waals surface area contributed by atoms with Crippen molar-refractivity contribution in [2.24, 2.45) is 5.92 Å². The van der Waals surface area contributed by atoms with Crippen LogP contribution in [0.5, 0.6) is 5.75 Å². The maximum absolute atomic E-state index is 9.37. The Morgan fingerprint density at radius 3 is 2.52 bits per heavy atom. The monoisotopic (exact) mass is 333 g/mol. The standard InChI is InChI=1S/C21H23N3O/c25-18-9-7-16(8-10-18)5-6-17-11-13-24(14-12-17)21-19-3-1-2-4-20(19)22-15-23-21/h1-4,7-10,15,17,25H,5-6,11-14H2. The summed E-state index contributed by atoms with van der Waals surface area (Å²) < 4.78 is 0. The second kappa shape index (κ2) is 7.09. The lowest BCUT2D eigenvalue weighted by atomic mass is 9.90. The lowest BCUT2D eigenvalue weighted by Crippen LogP contribution is -2.34. The molecule has 1 aromatic heterocycles. The molecule has 0 saturated carbocycles. The Kier molecular flexibility index (Phi) is 4.51. The summed E-state index contributed by atoms with van der Waals surface area (Å²) in [6.45, 7) is 2.11. The third-order valence-electron chi connectivity index (χ3n) is 5.21. The Bertz CT molecular complexity index is 834. The Hall–Kier alpha value is -2.62. The highest BCUT2D eigenvalue weighted by Gasteiger charge is 2.21. The largest absolute Gasteiger partial charge is 0.508 e. The molecular formula is C21H23N3O. The van der Waals surface area contributed by atoms with E-state index >= 15 is 0 Å². The van der Waals surface area contributed by atoms with Crippen molar-refractivity contribution < 1.29 is 5.11 Å². The van der Waals surface area contributed by atoms with Gasteiger partial charge in [0.1, 0.15) is 17.9 Å². The first-order valence-electron chi connectivity index (χ1n) is 9.02. The van der Waals surface area contributed by atoms with Crippen LogP contribution in [0, 0.1) is 5.92 Å². The zero-order valence-corrected chi connectivity index (χ0v) is 14.3. The first kappa shape index (κ1) is 15.9. The normalized spacial score (nSPS) is 15.6. The fourth-order valence-corrected chi connectivity index (χ4v) is 3.71. The topological polar surface area (TPSA) is 49.2 Å². The van der Waals surface area contributed by atoms with Gasteiger partial charge in [-0.2, -0.15) is 0 Å². The lowest BCUT2D eigenvalue weighted by Gasteiger charge is -2.33. The molecule has 128 valence electrons. The molecule has 1 N–H and O–H groups in total. The summed E-state index contributed by atoms with van der Waals surface area (Å²) in [7, 11) is 0. The van der Waals surface area contributed by atoms with Crippen LogP contribution < -0.4 is 4.90 Å². The summed E-state index contributed by atoms with van der Waals surface area (Å²) in [6.07, 6.45) is 6.38. The van der Waals surface area contributed by atoms with Gasteiger partial charge in [-0.3, -0.25) is 0 Å². The quantitative estimate of drug-likeness (QED) is 0.778. The van der Waals surface area contributed by atoms with Gasteiger partial charge in [0.15, 0.2) is 0 Å². The van der Waals surface area contributed by atoms with Gasteiger partial charge in [0.25, 0.3) is 0 Å². The number of phenolic OH excluding ortho intramolecular Hbond substituents is 1. The van der Waals surface area contributed by atoms with Gasteiger partial charge >= 0.3 is 0 Å². The van der Waals surface area contributed by atoms with Gasteiger partial charge in [-0.25, -0.2) is 9.97 Å². The van der Waals surface area contributed by atoms with Crippen molar-refractivity contribution in [3.8, 4) is 5.75 Å². The molecule has 3 aromatic rings. The number of piperidine rings is 1. The molecule has 1 saturated heterocycles. The number of fused-ring (bicyclic) bond motifs is 1. The van der Waals surface area contributed by atoms with E-state index in [0.29, 0.717) is 5.75 Å². The van der Waals surface area contributed by atoms with E-state index < -0.39 is 0 Å². The van der Waals surface area contributed by atoms with Gasteiger partial charge < -0.3 is 10.0 Å². The van der Waals surface area contributed by atoms with Gasteiger partial charge in [0, 0.05) is 18.5 Å². The maximum Gasteiger partial charge on any atom is 0.139 e. The molecule has 0 radical (unpaired) electrons. The van der Waals surface area contributed by atoms with Crippen LogP contribution in [0.4, 0.5) is 5.82 Å². The van der Waals surface area contributed by atoms with Crippen molar-refractivity contribution in [2.45, 2.75) is 25.7 Å². The minimum Gasteiger partial charge on any atom is -0.508 e. The molecule has 4 heteroatoms. The van der Waals surface area contributed by atoms with Gasteiger partial charge in [-0.05, 0) is 61.4 Å². The fourth-order valence-electron chi connectivity index (χ4n) is 3.71. The lowest BCUT2D eigenvalue weighted by molar-refractivity contribution is 0.381. The fraction of sp³-hybridized carbons (Fsp3) is 0.333. The molecule has 1 fully saturated rings. The minimum absolute atomic E-state index is 0.342. The molecule has 0 atom stereocenters. The molecule has 4 nitrogen and oxygen atoms in total. The van der Waals surface area contributed by atoms with Crippen molar-refractivity contribution >= 4 is 16.7 Å². The molecule has 0 unspecified atom stereocenters. The second-order valence-electron chi connectivity index (χ2n) is 6.85. The zero-order valence-electron chi connectivity index (χ0n) is 14.3. The number of hydrogen-bond acceptors (Lipinski definition) is 4. The molecule has 4 rings (SSSR count). The van der Waals surface area contributed by atoms with Crippen LogP contribution in [0.25, 0.3) is 10.9 Å². The van der Waals surface area contributed by atoms with Crippen LogP contribution in [-0.2, 0) is 6.42 Å². The van der Waals surface area contributed by atoms with Crippen LogP contribution in [0.15, 0.2) is 54.9 Å². The Balaban J connectivity index is 1.37. The van der Waals surface area contributed by atoms with Crippen molar-refractivity contribution in [1.29, 1.82) is 0 Å². The maximum atomic E-state index is 9.37. The average Bonchev–Trinajstić information content (AvgIpc) is 2.68. The van der Waals surface area contributed by atoms with Crippen LogP contribution in [-0.4, -0.2) is 28.2 Å². The van der Waals surface area contributed by atoms with Crippen LogP contribution in [0.1, 0.15) is 24.8 Å². The van der Waals surface area contributed by atoms with Gasteiger partial charge in [-0.1, -0.05) is 24.3 Å². The number of aromatic nitrogens is 2. The Morgan fingerprint density at radius 1 is 0.960 bits per heavy atom. The van der Waals surface area contributed by atoms with Crippen molar-refractivity contribution in [3.63, 3.8) is 0 Å². The summed E-state index contributed by atoms with van der Waals surface area (Å²) in [5.74, 6) is 2.18. The predicted octanol–water partition coefficient (Wildman–Crippen LogP) is 4.18. The molecule has 2 aromatic carbocycles. The van der Waals surface area contributed by atoms with E-state index in [-0.39, 0.29) is 0 Å². The average molecular weight is 333 g/mol. The predicted molar refractivity (Wildman–Crippen MR) is 101 cm³/mol. The van der Waals surface area contributed by atoms with Crippen molar-refractivity contribution in [1.82, 2.24) is 9.97 Å². The third kappa shape index (κ3) is 3.58. The number of aromatic hydroxyl groups is 1. The molecule has 0 spiro atoms. The molecule has 2 heterocycles. The first-order chi connectivity index (χ1) is 12.3. The summed E-state index contributed by atoms with van der Waals surface area (Å²) in [6, 6.07) is 15.8. The summed E-state index contributed by atoms with van der Waals surface area (Å²) in [4.78, 5) is 11.3. The molecule has 1 aliphatic heterocycles.